The summed E-state index contributed by atoms with van der Waals surface area (Å²) in [6.07, 6.45) is 1.16. The van der Waals surface area contributed by atoms with Crippen molar-refractivity contribution in [3.8, 4) is 6.07 Å². The van der Waals surface area contributed by atoms with Gasteiger partial charge in [0.25, 0.3) is 0 Å². The molecule has 86 valence electrons. The third-order valence-corrected chi connectivity index (χ3v) is 3.17. The van der Waals surface area contributed by atoms with E-state index in [1.54, 1.807) is 18.2 Å². The molecular formula is C10H11ClN2O2S. The summed E-state index contributed by atoms with van der Waals surface area (Å²) < 4.78 is 21.8. The minimum Gasteiger partial charge on any atom is -0.382 e. The molecule has 0 aliphatic carbocycles. The van der Waals surface area contributed by atoms with Crippen molar-refractivity contribution in [3.05, 3.63) is 28.8 Å². The highest BCUT2D eigenvalue weighted by Crippen LogP contribution is 2.24. The molecule has 1 rings (SSSR count). The molecule has 0 radical (unpaired) electrons. The second-order valence-corrected chi connectivity index (χ2v) is 6.00. The highest BCUT2D eigenvalue weighted by molar-refractivity contribution is 7.90. The average molecular weight is 259 g/mol. The molecule has 1 aromatic rings. The molecule has 16 heavy (non-hydrogen) atoms. The minimum absolute atomic E-state index is 0.00307. The fraction of sp³-hybridized carbons (Fsp3) is 0.300. The molecule has 0 fully saturated rings. The molecule has 4 nitrogen and oxygen atoms in total. The third kappa shape index (κ3) is 3.72. The van der Waals surface area contributed by atoms with E-state index in [2.05, 4.69) is 5.32 Å². The fourth-order valence-electron chi connectivity index (χ4n) is 1.16. The van der Waals surface area contributed by atoms with Crippen LogP contribution < -0.4 is 5.32 Å². The van der Waals surface area contributed by atoms with Gasteiger partial charge < -0.3 is 5.32 Å². The van der Waals surface area contributed by atoms with Gasteiger partial charge >= 0.3 is 0 Å². The van der Waals surface area contributed by atoms with Gasteiger partial charge in [0.15, 0.2) is 0 Å². The minimum atomic E-state index is -3.02. The smallest absolute Gasteiger partial charge is 0.149 e. The van der Waals surface area contributed by atoms with E-state index in [9.17, 15) is 8.42 Å². The van der Waals surface area contributed by atoms with Gasteiger partial charge in [0.05, 0.1) is 22.0 Å². The molecule has 0 aromatic heterocycles. The van der Waals surface area contributed by atoms with E-state index in [-0.39, 0.29) is 12.3 Å². The number of benzene rings is 1. The number of hydrogen-bond donors (Lipinski definition) is 1. The summed E-state index contributed by atoms with van der Waals surface area (Å²) in [4.78, 5) is 0. The van der Waals surface area contributed by atoms with E-state index in [1.165, 1.54) is 0 Å². The third-order valence-electron chi connectivity index (χ3n) is 1.91. The summed E-state index contributed by atoms with van der Waals surface area (Å²) in [7, 11) is -3.02. The average Bonchev–Trinajstić information content (AvgIpc) is 2.18. The first-order valence-corrected chi connectivity index (χ1v) is 6.98. The van der Waals surface area contributed by atoms with Crippen molar-refractivity contribution in [1.82, 2.24) is 0 Å². The van der Waals surface area contributed by atoms with E-state index in [0.717, 1.165) is 6.26 Å². The molecule has 0 amide bonds. The zero-order valence-corrected chi connectivity index (χ0v) is 10.3. The van der Waals surface area contributed by atoms with Crippen LogP contribution in [0.2, 0.25) is 5.02 Å². The highest BCUT2D eigenvalue weighted by Gasteiger charge is 2.07. The van der Waals surface area contributed by atoms with E-state index in [1.807, 2.05) is 6.07 Å². The van der Waals surface area contributed by atoms with Crippen molar-refractivity contribution in [3.63, 3.8) is 0 Å². The Morgan fingerprint density at radius 3 is 2.75 bits per heavy atom. The number of sulfone groups is 1. The summed E-state index contributed by atoms with van der Waals surface area (Å²) in [5, 5.41) is 12.1. The number of anilines is 1. The van der Waals surface area contributed by atoms with Crippen molar-refractivity contribution in [2.24, 2.45) is 0 Å². The molecule has 0 aliphatic rings. The second kappa shape index (κ2) is 5.19. The van der Waals surface area contributed by atoms with Gasteiger partial charge in [0, 0.05) is 12.8 Å². The molecule has 1 N–H and O–H groups in total. The van der Waals surface area contributed by atoms with Gasteiger partial charge in [-0.2, -0.15) is 5.26 Å². The predicted molar refractivity (Wildman–Crippen MR) is 64.4 cm³/mol. The predicted octanol–water partition coefficient (Wildman–Crippen LogP) is 1.67. The first-order chi connectivity index (χ1) is 7.44. The van der Waals surface area contributed by atoms with E-state index in [4.69, 9.17) is 16.9 Å². The Bertz CT molecular complexity index is 520. The van der Waals surface area contributed by atoms with E-state index in [0.29, 0.717) is 16.3 Å². The van der Waals surface area contributed by atoms with Crippen LogP contribution in [0.3, 0.4) is 0 Å². The molecule has 0 saturated carbocycles. The normalized spacial score (nSPS) is 10.8. The largest absolute Gasteiger partial charge is 0.382 e. The number of halogens is 1. The van der Waals surface area contributed by atoms with Crippen LogP contribution >= 0.6 is 11.6 Å². The van der Waals surface area contributed by atoms with E-state index < -0.39 is 9.84 Å². The molecule has 0 saturated heterocycles. The lowest BCUT2D eigenvalue weighted by Crippen LogP contribution is -2.14. The number of para-hydroxylation sites is 1. The first kappa shape index (κ1) is 12.8. The Balaban J connectivity index is 2.78. The molecule has 1 aromatic carbocycles. The van der Waals surface area contributed by atoms with E-state index >= 15 is 0 Å². The van der Waals surface area contributed by atoms with Crippen LogP contribution in [-0.2, 0) is 9.84 Å². The maximum atomic E-state index is 10.9. The van der Waals surface area contributed by atoms with Crippen molar-refractivity contribution in [2.45, 2.75) is 0 Å². The Morgan fingerprint density at radius 1 is 1.50 bits per heavy atom. The number of hydrogen-bond acceptors (Lipinski definition) is 4. The van der Waals surface area contributed by atoms with Crippen LogP contribution in [0.25, 0.3) is 0 Å². The number of nitriles is 1. The Kier molecular flexibility index (Phi) is 4.16. The summed E-state index contributed by atoms with van der Waals surface area (Å²) in [5.74, 6) is 0.00307. The van der Waals surface area contributed by atoms with Crippen LogP contribution in [0.4, 0.5) is 5.69 Å². The molecule has 0 heterocycles. The van der Waals surface area contributed by atoms with Gasteiger partial charge in [0.1, 0.15) is 15.9 Å². The quantitative estimate of drug-likeness (QED) is 0.892. The standard InChI is InChI=1S/C10H11ClN2O2S/c1-16(14,15)6-5-13-10-8(7-12)3-2-4-9(10)11/h2-4,13H,5-6H2,1H3. The Hall–Kier alpha value is -1.25. The van der Waals surface area contributed by atoms with Crippen LogP contribution in [0.5, 0.6) is 0 Å². The zero-order chi connectivity index (χ0) is 12.2. The summed E-state index contributed by atoms with van der Waals surface area (Å²) in [5.41, 5.74) is 0.885. The second-order valence-electron chi connectivity index (χ2n) is 3.33. The van der Waals surface area contributed by atoms with Gasteiger partial charge in [0.2, 0.25) is 0 Å². The lowest BCUT2D eigenvalue weighted by molar-refractivity contribution is 0.602. The van der Waals surface area contributed by atoms with Crippen LogP contribution in [0, 0.1) is 11.3 Å². The summed E-state index contributed by atoms with van der Waals surface area (Å²) in [6, 6.07) is 6.92. The number of nitrogens with one attached hydrogen (secondary N) is 1. The number of nitrogens with zero attached hydrogens (tertiary/aromatic N) is 1. The van der Waals surface area contributed by atoms with Crippen LogP contribution in [0.15, 0.2) is 18.2 Å². The maximum absolute atomic E-state index is 10.9. The van der Waals surface area contributed by atoms with Gasteiger partial charge in [-0.1, -0.05) is 17.7 Å². The summed E-state index contributed by atoms with van der Waals surface area (Å²) in [6.45, 7) is 0.233. The maximum Gasteiger partial charge on any atom is 0.149 e. The molecule has 6 heteroatoms. The topological polar surface area (TPSA) is 70.0 Å². The van der Waals surface area contributed by atoms with Crippen molar-refractivity contribution in [1.29, 1.82) is 5.26 Å². The SMILES string of the molecule is CS(=O)(=O)CCNc1c(Cl)cccc1C#N. The number of rotatable bonds is 4. The Morgan fingerprint density at radius 2 is 2.19 bits per heavy atom. The monoisotopic (exact) mass is 258 g/mol. The molecule has 0 aliphatic heterocycles. The molecular weight excluding hydrogens is 248 g/mol. The van der Waals surface area contributed by atoms with Crippen molar-refractivity contribution < 1.29 is 8.42 Å². The van der Waals surface area contributed by atoms with Gasteiger partial charge in [-0.25, -0.2) is 8.42 Å². The highest BCUT2D eigenvalue weighted by atomic mass is 35.5. The molecule has 0 spiro atoms. The van der Waals surface area contributed by atoms with Crippen molar-refractivity contribution >= 4 is 27.1 Å². The molecule has 0 unspecified atom stereocenters. The zero-order valence-electron chi connectivity index (χ0n) is 8.70. The summed E-state index contributed by atoms with van der Waals surface area (Å²) >= 11 is 5.90. The lowest BCUT2D eigenvalue weighted by Gasteiger charge is -2.09. The lowest BCUT2D eigenvalue weighted by atomic mass is 10.2. The van der Waals surface area contributed by atoms with Crippen molar-refractivity contribution in [2.75, 3.05) is 23.9 Å². The van der Waals surface area contributed by atoms with Gasteiger partial charge in [-0.3, -0.25) is 0 Å². The molecule has 0 atom stereocenters. The van der Waals surface area contributed by atoms with Gasteiger partial charge in [-0.05, 0) is 12.1 Å². The Labute approximate surface area is 99.8 Å². The van der Waals surface area contributed by atoms with Crippen LogP contribution in [0.1, 0.15) is 5.56 Å². The van der Waals surface area contributed by atoms with Gasteiger partial charge in [-0.15, -0.1) is 0 Å². The first-order valence-electron chi connectivity index (χ1n) is 4.54. The van der Waals surface area contributed by atoms with Crippen LogP contribution in [-0.4, -0.2) is 27.0 Å². The fourth-order valence-corrected chi connectivity index (χ4v) is 1.87. The molecule has 0 bridgehead atoms.